The molecule has 0 aliphatic carbocycles. The molecule has 1 aliphatic rings. The van der Waals surface area contributed by atoms with Crippen LogP contribution in [0.1, 0.15) is 18.1 Å². The zero-order chi connectivity index (χ0) is 10.7. The first-order valence-electron chi connectivity index (χ1n) is 4.94. The monoisotopic (exact) mass is 206 g/mol. The van der Waals surface area contributed by atoms with Gasteiger partial charge in [-0.15, -0.1) is 0 Å². The SMILES string of the molecule is COc1ccc([C@@H]2C[C@@H](O)C=CO2)cc1. The minimum atomic E-state index is -0.411. The Labute approximate surface area is 88.9 Å². The summed E-state index contributed by atoms with van der Waals surface area (Å²) >= 11 is 0. The van der Waals surface area contributed by atoms with Crippen LogP contribution in [0.25, 0.3) is 0 Å². The van der Waals surface area contributed by atoms with Crippen LogP contribution in [0.4, 0.5) is 0 Å². The van der Waals surface area contributed by atoms with Crippen molar-refractivity contribution in [3.63, 3.8) is 0 Å². The van der Waals surface area contributed by atoms with Gasteiger partial charge in [-0.2, -0.15) is 0 Å². The van der Waals surface area contributed by atoms with Crippen LogP contribution in [-0.4, -0.2) is 18.3 Å². The van der Waals surface area contributed by atoms with Crippen molar-refractivity contribution < 1.29 is 14.6 Å². The molecule has 1 aromatic rings. The first-order valence-corrected chi connectivity index (χ1v) is 4.94. The molecule has 0 saturated heterocycles. The number of aliphatic hydroxyl groups excluding tert-OH is 1. The lowest BCUT2D eigenvalue weighted by molar-refractivity contribution is 0.0641. The van der Waals surface area contributed by atoms with Gasteiger partial charge in [-0.3, -0.25) is 0 Å². The van der Waals surface area contributed by atoms with E-state index in [9.17, 15) is 5.11 Å². The predicted molar refractivity (Wildman–Crippen MR) is 56.6 cm³/mol. The third-order valence-corrected chi connectivity index (χ3v) is 2.49. The van der Waals surface area contributed by atoms with Gasteiger partial charge in [0.05, 0.1) is 19.5 Å². The molecule has 3 heteroatoms. The topological polar surface area (TPSA) is 38.7 Å². The van der Waals surface area contributed by atoms with Crippen LogP contribution < -0.4 is 4.74 Å². The molecule has 3 nitrogen and oxygen atoms in total. The zero-order valence-electron chi connectivity index (χ0n) is 8.59. The Morgan fingerprint density at radius 1 is 1.33 bits per heavy atom. The third kappa shape index (κ3) is 2.30. The van der Waals surface area contributed by atoms with E-state index in [0.29, 0.717) is 6.42 Å². The van der Waals surface area contributed by atoms with Gasteiger partial charge in [0.1, 0.15) is 11.9 Å². The van der Waals surface area contributed by atoms with E-state index in [1.807, 2.05) is 24.3 Å². The quantitative estimate of drug-likeness (QED) is 0.804. The molecule has 0 radical (unpaired) electrons. The maximum absolute atomic E-state index is 9.45. The van der Waals surface area contributed by atoms with Gasteiger partial charge in [0.15, 0.2) is 0 Å². The fourth-order valence-electron chi connectivity index (χ4n) is 1.62. The van der Waals surface area contributed by atoms with Gasteiger partial charge in [-0.25, -0.2) is 0 Å². The summed E-state index contributed by atoms with van der Waals surface area (Å²) < 4.78 is 10.5. The highest BCUT2D eigenvalue weighted by atomic mass is 16.5. The molecule has 0 aromatic heterocycles. The molecule has 80 valence electrons. The fourth-order valence-corrected chi connectivity index (χ4v) is 1.62. The molecule has 1 aliphatic heterocycles. The molecular formula is C12H14O3. The average molecular weight is 206 g/mol. The second-order valence-corrected chi connectivity index (χ2v) is 3.53. The molecular weight excluding hydrogens is 192 g/mol. The average Bonchev–Trinajstić information content (AvgIpc) is 2.29. The van der Waals surface area contributed by atoms with Crippen molar-refractivity contribution in [3.05, 3.63) is 42.2 Å². The molecule has 0 amide bonds. The van der Waals surface area contributed by atoms with Crippen molar-refractivity contribution >= 4 is 0 Å². The molecule has 0 spiro atoms. The fraction of sp³-hybridized carbons (Fsp3) is 0.333. The molecule has 1 heterocycles. The molecule has 2 atom stereocenters. The number of hydrogen-bond donors (Lipinski definition) is 1. The summed E-state index contributed by atoms with van der Waals surface area (Å²) in [6.45, 7) is 0. The largest absolute Gasteiger partial charge is 0.497 e. The lowest BCUT2D eigenvalue weighted by atomic mass is 10.0. The standard InChI is InChI=1S/C12H14O3/c1-14-11-4-2-9(3-5-11)12-8-10(13)6-7-15-12/h2-7,10,12-13H,8H2,1H3/t10-,12-/m0/s1. The Morgan fingerprint density at radius 2 is 2.07 bits per heavy atom. The highest BCUT2D eigenvalue weighted by Crippen LogP contribution is 2.27. The molecule has 0 unspecified atom stereocenters. The van der Waals surface area contributed by atoms with Crippen molar-refractivity contribution in [2.24, 2.45) is 0 Å². The Morgan fingerprint density at radius 3 is 2.67 bits per heavy atom. The first kappa shape index (κ1) is 10.1. The second kappa shape index (κ2) is 4.36. The minimum absolute atomic E-state index is 0.0593. The number of rotatable bonds is 2. The van der Waals surface area contributed by atoms with Gasteiger partial charge in [-0.1, -0.05) is 12.1 Å². The summed E-state index contributed by atoms with van der Waals surface area (Å²) in [4.78, 5) is 0. The van der Waals surface area contributed by atoms with Gasteiger partial charge in [0.2, 0.25) is 0 Å². The summed E-state index contributed by atoms with van der Waals surface area (Å²) in [6.07, 6.45) is 3.34. The summed E-state index contributed by atoms with van der Waals surface area (Å²) in [6, 6.07) is 7.69. The van der Waals surface area contributed by atoms with E-state index in [1.54, 1.807) is 19.4 Å². The van der Waals surface area contributed by atoms with Crippen molar-refractivity contribution in [1.82, 2.24) is 0 Å². The van der Waals surface area contributed by atoms with E-state index in [2.05, 4.69) is 0 Å². The van der Waals surface area contributed by atoms with Crippen LogP contribution in [0.2, 0.25) is 0 Å². The molecule has 2 rings (SSSR count). The smallest absolute Gasteiger partial charge is 0.126 e. The molecule has 1 aromatic carbocycles. The van der Waals surface area contributed by atoms with Gasteiger partial charge in [0, 0.05) is 6.42 Å². The molecule has 0 fully saturated rings. The number of benzene rings is 1. The Balaban J connectivity index is 2.12. The van der Waals surface area contributed by atoms with Gasteiger partial charge in [0.25, 0.3) is 0 Å². The number of ether oxygens (including phenoxy) is 2. The van der Waals surface area contributed by atoms with Gasteiger partial charge < -0.3 is 14.6 Å². The minimum Gasteiger partial charge on any atom is -0.497 e. The number of methoxy groups -OCH3 is 1. The summed E-state index contributed by atoms with van der Waals surface area (Å²) in [5, 5.41) is 9.45. The summed E-state index contributed by atoms with van der Waals surface area (Å²) in [5.41, 5.74) is 1.05. The lowest BCUT2D eigenvalue weighted by Gasteiger charge is -2.22. The van der Waals surface area contributed by atoms with E-state index >= 15 is 0 Å². The van der Waals surface area contributed by atoms with E-state index in [4.69, 9.17) is 9.47 Å². The van der Waals surface area contributed by atoms with Crippen LogP contribution >= 0.6 is 0 Å². The van der Waals surface area contributed by atoms with Crippen LogP contribution in [-0.2, 0) is 4.74 Å². The van der Waals surface area contributed by atoms with Crippen LogP contribution in [0.5, 0.6) is 5.75 Å². The summed E-state index contributed by atoms with van der Waals surface area (Å²) in [5.74, 6) is 0.825. The van der Waals surface area contributed by atoms with Crippen LogP contribution in [0.3, 0.4) is 0 Å². The van der Waals surface area contributed by atoms with E-state index in [1.165, 1.54) is 0 Å². The number of aliphatic hydroxyl groups is 1. The maximum atomic E-state index is 9.45. The van der Waals surface area contributed by atoms with E-state index in [-0.39, 0.29) is 6.10 Å². The Hall–Kier alpha value is -1.48. The van der Waals surface area contributed by atoms with Crippen LogP contribution in [0, 0.1) is 0 Å². The molecule has 15 heavy (non-hydrogen) atoms. The van der Waals surface area contributed by atoms with E-state index < -0.39 is 6.10 Å². The number of hydrogen-bond acceptors (Lipinski definition) is 3. The first-order chi connectivity index (χ1) is 7.29. The Bertz CT molecular complexity index is 342. The summed E-state index contributed by atoms with van der Waals surface area (Å²) in [7, 11) is 1.64. The van der Waals surface area contributed by atoms with Crippen molar-refractivity contribution in [2.45, 2.75) is 18.6 Å². The molecule has 0 bridgehead atoms. The van der Waals surface area contributed by atoms with E-state index in [0.717, 1.165) is 11.3 Å². The van der Waals surface area contributed by atoms with Gasteiger partial charge in [-0.05, 0) is 23.8 Å². The predicted octanol–water partition coefficient (Wildman–Crippen LogP) is 2.03. The third-order valence-electron chi connectivity index (χ3n) is 2.49. The van der Waals surface area contributed by atoms with Crippen molar-refractivity contribution in [1.29, 1.82) is 0 Å². The second-order valence-electron chi connectivity index (χ2n) is 3.53. The highest BCUT2D eigenvalue weighted by molar-refractivity contribution is 5.29. The maximum Gasteiger partial charge on any atom is 0.126 e. The van der Waals surface area contributed by atoms with Gasteiger partial charge >= 0.3 is 0 Å². The van der Waals surface area contributed by atoms with Crippen LogP contribution in [0.15, 0.2) is 36.6 Å². The normalized spacial score (nSPS) is 24.7. The molecule has 0 saturated carbocycles. The van der Waals surface area contributed by atoms with Crippen molar-refractivity contribution in [3.8, 4) is 5.75 Å². The highest BCUT2D eigenvalue weighted by Gasteiger charge is 2.18. The van der Waals surface area contributed by atoms with Crippen molar-refractivity contribution in [2.75, 3.05) is 7.11 Å². The molecule has 1 N–H and O–H groups in total. The lowest BCUT2D eigenvalue weighted by Crippen LogP contribution is -2.15. The zero-order valence-corrected chi connectivity index (χ0v) is 8.59. The Kier molecular flexibility index (Phi) is 2.92.